The summed E-state index contributed by atoms with van der Waals surface area (Å²) in [7, 11) is 1.55. The molecule has 0 spiro atoms. The van der Waals surface area contributed by atoms with Gasteiger partial charge >= 0.3 is 0 Å². The molecule has 3 N–H and O–H groups in total. The average molecular weight is 294 g/mol. The summed E-state index contributed by atoms with van der Waals surface area (Å²) in [6.07, 6.45) is 0. The van der Waals surface area contributed by atoms with Gasteiger partial charge < -0.3 is 16.0 Å². The van der Waals surface area contributed by atoms with E-state index in [2.05, 4.69) is 16.0 Å². The van der Waals surface area contributed by atoms with E-state index in [9.17, 15) is 19.7 Å². The molecule has 0 atom stereocenters. The van der Waals surface area contributed by atoms with Crippen LogP contribution in [0.3, 0.4) is 0 Å². The van der Waals surface area contributed by atoms with Crippen LogP contribution in [-0.4, -0.2) is 36.4 Å². The second-order valence-electron chi connectivity index (χ2n) is 4.64. The van der Waals surface area contributed by atoms with E-state index in [1.807, 2.05) is 0 Å². The predicted molar refractivity (Wildman–Crippen MR) is 78.3 cm³/mol. The number of nitro groups is 1. The first-order chi connectivity index (χ1) is 9.85. The molecule has 0 aromatic heterocycles. The van der Waals surface area contributed by atoms with Crippen molar-refractivity contribution in [3.8, 4) is 0 Å². The number of hydrogen-bond acceptors (Lipinski definition) is 5. The highest BCUT2D eigenvalue weighted by molar-refractivity contribution is 5.97. The van der Waals surface area contributed by atoms with E-state index in [0.717, 1.165) is 0 Å². The van der Waals surface area contributed by atoms with Crippen molar-refractivity contribution in [2.75, 3.05) is 18.9 Å². The maximum absolute atomic E-state index is 11.9. The quantitative estimate of drug-likeness (QED) is 0.532. The van der Waals surface area contributed by atoms with Crippen LogP contribution >= 0.6 is 0 Å². The van der Waals surface area contributed by atoms with Gasteiger partial charge in [-0.2, -0.15) is 0 Å². The smallest absolute Gasteiger partial charge is 0.293 e. The Balaban J connectivity index is 2.77. The van der Waals surface area contributed by atoms with Gasteiger partial charge in [0, 0.05) is 24.7 Å². The molecule has 114 valence electrons. The van der Waals surface area contributed by atoms with E-state index >= 15 is 0 Å². The van der Waals surface area contributed by atoms with Gasteiger partial charge in [-0.1, -0.05) is 0 Å². The van der Waals surface area contributed by atoms with Gasteiger partial charge in [-0.05, 0) is 26.0 Å². The Morgan fingerprint density at radius 2 is 2.00 bits per heavy atom. The molecule has 0 radical (unpaired) electrons. The number of carbonyl (C=O) groups excluding carboxylic acids is 2. The molecular weight excluding hydrogens is 276 g/mol. The topological polar surface area (TPSA) is 113 Å². The molecule has 0 saturated heterocycles. The third kappa shape index (κ3) is 4.75. The number of nitrogens with zero attached hydrogens (tertiary/aromatic N) is 1. The number of nitro benzene ring substituents is 1. The molecule has 0 saturated carbocycles. The summed E-state index contributed by atoms with van der Waals surface area (Å²) < 4.78 is 0. The second kappa shape index (κ2) is 7.22. The van der Waals surface area contributed by atoms with Gasteiger partial charge in [0.2, 0.25) is 5.91 Å². The van der Waals surface area contributed by atoms with E-state index in [1.165, 1.54) is 18.2 Å². The Hall–Kier alpha value is -2.64. The predicted octanol–water partition coefficient (Wildman–Crippen LogP) is 0.891. The van der Waals surface area contributed by atoms with E-state index < -0.39 is 10.8 Å². The van der Waals surface area contributed by atoms with Crippen molar-refractivity contribution < 1.29 is 14.5 Å². The first-order valence-corrected chi connectivity index (χ1v) is 6.39. The normalized spacial score (nSPS) is 10.1. The Bertz CT molecular complexity index is 557. The summed E-state index contributed by atoms with van der Waals surface area (Å²) >= 11 is 0. The number of carbonyl (C=O) groups is 2. The SMILES string of the molecule is CNc1ccc(C(=O)NCC(=O)NC(C)C)cc1[N+](=O)[O-]. The fourth-order valence-corrected chi connectivity index (χ4v) is 1.67. The molecule has 8 nitrogen and oxygen atoms in total. The van der Waals surface area contributed by atoms with E-state index in [-0.39, 0.29) is 29.7 Å². The molecule has 1 aromatic carbocycles. The first-order valence-electron chi connectivity index (χ1n) is 6.39. The van der Waals surface area contributed by atoms with Crippen LogP contribution in [0.4, 0.5) is 11.4 Å². The lowest BCUT2D eigenvalue weighted by Crippen LogP contribution is -2.39. The summed E-state index contributed by atoms with van der Waals surface area (Å²) in [4.78, 5) is 33.6. The number of anilines is 1. The van der Waals surface area contributed by atoms with Crippen LogP contribution in [-0.2, 0) is 4.79 Å². The Morgan fingerprint density at radius 3 is 2.52 bits per heavy atom. The largest absolute Gasteiger partial charge is 0.383 e. The molecule has 0 bridgehead atoms. The van der Waals surface area contributed by atoms with Crippen molar-refractivity contribution >= 4 is 23.2 Å². The third-order valence-corrected chi connectivity index (χ3v) is 2.59. The molecular formula is C13H18N4O4. The lowest BCUT2D eigenvalue weighted by Gasteiger charge is -2.09. The lowest BCUT2D eigenvalue weighted by atomic mass is 10.1. The van der Waals surface area contributed by atoms with E-state index in [0.29, 0.717) is 5.69 Å². The molecule has 21 heavy (non-hydrogen) atoms. The highest BCUT2D eigenvalue weighted by Crippen LogP contribution is 2.24. The number of nitrogens with one attached hydrogen (secondary N) is 3. The van der Waals surface area contributed by atoms with Crippen LogP contribution in [0.25, 0.3) is 0 Å². The van der Waals surface area contributed by atoms with Crippen molar-refractivity contribution in [2.24, 2.45) is 0 Å². The van der Waals surface area contributed by atoms with Gasteiger partial charge in [0.05, 0.1) is 11.5 Å². The van der Waals surface area contributed by atoms with Crippen LogP contribution in [0.1, 0.15) is 24.2 Å². The van der Waals surface area contributed by atoms with Crippen LogP contribution < -0.4 is 16.0 Å². The molecule has 0 aliphatic carbocycles. The zero-order chi connectivity index (χ0) is 16.0. The van der Waals surface area contributed by atoms with E-state index in [1.54, 1.807) is 20.9 Å². The van der Waals surface area contributed by atoms with Gasteiger partial charge in [-0.15, -0.1) is 0 Å². The third-order valence-electron chi connectivity index (χ3n) is 2.59. The standard InChI is InChI=1S/C13H18N4O4/c1-8(2)16-12(18)7-15-13(19)9-4-5-10(14-3)11(6-9)17(20)21/h4-6,8,14H,7H2,1-3H3,(H,15,19)(H,16,18). The molecule has 0 heterocycles. The van der Waals surface area contributed by atoms with Crippen molar-refractivity contribution in [2.45, 2.75) is 19.9 Å². The molecule has 1 aromatic rings. The minimum Gasteiger partial charge on any atom is -0.383 e. The van der Waals surface area contributed by atoms with Crippen LogP contribution in [0.5, 0.6) is 0 Å². The number of hydrogen-bond donors (Lipinski definition) is 3. The molecule has 1 rings (SSSR count). The highest BCUT2D eigenvalue weighted by atomic mass is 16.6. The Morgan fingerprint density at radius 1 is 1.33 bits per heavy atom. The lowest BCUT2D eigenvalue weighted by molar-refractivity contribution is -0.384. The maximum Gasteiger partial charge on any atom is 0.293 e. The first kappa shape index (κ1) is 16.4. The molecule has 8 heteroatoms. The van der Waals surface area contributed by atoms with Crippen molar-refractivity contribution in [3.05, 3.63) is 33.9 Å². The van der Waals surface area contributed by atoms with Crippen LogP contribution in [0.15, 0.2) is 18.2 Å². The Kier molecular flexibility index (Phi) is 5.65. The maximum atomic E-state index is 11.9. The van der Waals surface area contributed by atoms with Gasteiger partial charge in [-0.3, -0.25) is 19.7 Å². The minimum absolute atomic E-state index is 0.0228. The zero-order valence-corrected chi connectivity index (χ0v) is 12.1. The number of rotatable bonds is 6. The van der Waals surface area contributed by atoms with Crippen LogP contribution in [0.2, 0.25) is 0 Å². The number of amides is 2. The fraction of sp³-hybridized carbons (Fsp3) is 0.385. The van der Waals surface area contributed by atoms with Gasteiger partial charge in [0.15, 0.2) is 0 Å². The van der Waals surface area contributed by atoms with Gasteiger partial charge in [0.25, 0.3) is 11.6 Å². The summed E-state index contributed by atoms with van der Waals surface area (Å²) in [5, 5.41) is 18.6. The average Bonchev–Trinajstić information content (AvgIpc) is 2.43. The molecule has 0 aliphatic rings. The summed E-state index contributed by atoms with van der Waals surface area (Å²) in [6.45, 7) is 3.43. The summed E-state index contributed by atoms with van der Waals surface area (Å²) in [5.74, 6) is -0.862. The van der Waals surface area contributed by atoms with Crippen molar-refractivity contribution in [1.29, 1.82) is 0 Å². The molecule has 0 fully saturated rings. The van der Waals surface area contributed by atoms with E-state index in [4.69, 9.17) is 0 Å². The molecule has 0 aliphatic heterocycles. The highest BCUT2D eigenvalue weighted by Gasteiger charge is 2.17. The van der Waals surface area contributed by atoms with Gasteiger partial charge in [0.1, 0.15) is 5.69 Å². The van der Waals surface area contributed by atoms with Crippen LogP contribution in [0, 0.1) is 10.1 Å². The molecule has 2 amide bonds. The monoisotopic (exact) mass is 294 g/mol. The fourth-order valence-electron chi connectivity index (χ4n) is 1.67. The summed E-state index contributed by atoms with van der Waals surface area (Å²) in [6, 6.07) is 4.04. The van der Waals surface area contributed by atoms with Crippen molar-refractivity contribution in [3.63, 3.8) is 0 Å². The minimum atomic E-state index is -0.575. The second-order valence-corrected chi connectivity index (χ2v) is 4.64. The summed E-state index contributed by atoms with van der Waals surface area (Å²) in [5.41, 5.74) is 0.240. The molecule has 0 unspecified atom stereocenters. The van der Waals surface area contributed by atoms with Gasteiger partial charge in [-0.25, -0.2) is 0 Å². The number of benzene rings is 1. The Labute approximate surface area is 122 Å². The zero-order valence-electron chi connectivity index (χ0n) is 12.1. The van der Waals surface area contributed by atoms with Crippen molar-refractivity contribution in [1.82, 2.24) is 10.6 Å².